The van der Waals surface area contributed by atoms with Crippen LogP contribution in [0.15, 0.2) is 18.2 Å². The van der Waals surface area contributed by atoms with Gasteiger partial charge in [-0.05, 0) is 44.5 Å². The molecule has 0 spiro atoms. The average molecular weight is 209 g/mol. The van der Waals surface area contributed by atoms with Gasteiger partial charge in [-0.3, -0.25) is 0 Å². The van der Waals surface area contributed by atoms with E-state index < -0.39 is 0 Å². The summed E-state index contributed by atoms with van der Waals surface area (Å²) in [6, 6.07) is 5.73. The summed E-state index contributed by atoms with van der Waals surface area (Å²) in [4.78, 5) is 0.421. The second-order valence-corrected chi connectivity index (χ2v) is 3.95. The molecule has 1 aromatic rings. The van der Waals surface area contributed by atoms with Crippen LogP contribution in [-0.4, -0.2) is 11.1 Å². The van der Waals surface area contributed by atoms with Crippen molar-refractivity contribution >= 4 is 17.2 Å². The first-order valence-electron chi connectivity index (χ1n) is 4.58. The van der Waals surface area contributed by atoms with E-state index in [0.29, 0.717) is 4.99 Å². The van der Waals surface area contributed by atoms with Gasteiger partial charge < -0.3 is 10.5 Å². The Balaban J connectivity index is 2.95. The van der Waals surface area contributed by atoms with E-state index in [9.17, 15) is 0 Å². The third-order valence-electron chi connectivity index (χ3n) is 1.82. The predicted octanol–water partition coefficient (Wildman–Crippen LogP) is 2.42. The van der Waals surface area contributed by atoms with Gasteiger partial charge in [-0.25, -0.2) is 0 Å². The molecule has 0 unspecified atom stereocenters. The summed E-state index contributed by atoms with van der Waals surface area (Å²) in [5.74, 6) is 0.889. The number of benzene rings is 1. The van der Waals surface area contributed by atoms with Crippen LogP contribution in [0.2, 0.25) is 0 Å². The summed E-state index contributed by atoms with van der Waals surface area (Å²) in [6.07, 6.45) is 0.185. The van der Waals surface area contributed by atoms with Gasteiger partial charge in [0.15, 0.2) is 0 Å². The molecule has 0 saturated carbocycles. The third kappa shape index (κ3) is 2.70. The van der Waals surface area contributed by atoms with E-state index >= 15 is 0 Å². The van der Waals surface area contributed by atoms with Crippen LogP contribution < -0.4 is 10.5 Å². The Morgan fingerprint density at radius 3 is 2.50 bits per heavy atom. The van der Waals surface area contributed by atoms with E-state index in [1.165, 1.54) is 0 Å². The monoisotopic (exact) mass is 209 g/mol. The smallest absolute Gasteiger partial charge is 0.122 e. The number of nitrogens with two attached hydrogens (primary N) is 1. The lowest BCUT2D eigenvalue weighted by atomic mass is 10.1. The van der Waals surface area contributed by atoms with Crippen LogP contribution in [0.25, 0.3) is 0 Å². The molecule has 0 saturated heterocycles. The maximum atomic E-state index is 5.60. The highest BCUT2D eigenvalue weighted by molar-refractivity contribution is 7.80. The number of rotatable bonds is 3. The van der Waals surface area contributed by atoms with Crippen molar-refractivity contribution in [1.29, 1.82) is 0 Å². The van der Waals surface area contributed by atoms with E-state index in [-0.39, 0.29) is 6.10 Å². The van der Waals surface area contributed by atoms with E-state index in [4.69, 9.17) is 22.7 Å². The summed E-state index contributed by atoms with van der Waals surface area (Å²) >= 11 is 4.89. The molecule has 1 rings (SSSR count). The normalized spacial score (nSPS) is 10.3. The van der Waals surface area contributed by atoms with Crippen LogP contribution in [0.5, 0.6) is 5.75 Å². The molecule has 0 bridgehead atoms. The lowest BCUT2D eigenvalue weighted by Crippen LogP contribution is -2.11. The molecule has 0 heterocycles. The zero-order valence-corrected chi connectivity index (χ0v) is 9.52. The lowest BCUT2D eigenvalue weighted by molar-refractivity contribution is 0.241. The Hall–Kier alpha value is -1.09. The standard InChI is InChI=1S/C11H15NOS/c1-7(2)13-10-5-4-9(11(12)14)6-8(10)3/h4-7H,1-3H3,(H2,12,14). The second-order valence-electron chi connectivity index (χ2n) is 3.51. The second kappa shape index (κ2) is 4.42. The Labute approximate surface area is 90.1 Å². The van der Waals surface area contributed by atoms with Crippen molar-refractivity contribution in [3.05, 3.63) is 29.3 Å². The summed E-state index contributed by atoms with van der Waals surface area (Å²) < 4.78 is 5.60. The van der Waals surface area contributed by atoms with Gasteiger partial charge >= 0.3 is 0 Å². The minimum Gasteiger partial charge on any atom is -0.491 e. The summed E-state index contributed by atoms with van der Waals surface area (Å²) in [6.45, 7) is 5.99. The molecule has 0 aromatic heterocycles. The zero-order valence-electron chi connectivity index (χ0n) is 8.70. The Kier molecular flexibility index (Phi) is 3.47. The van der Waals surface area contributed by atoms with Gasteiger partial charge in [-0.1, -0.05) is 12.2 Å². The van der Waals surface area contributed by atoms with Crippen molar-refractivity contribution in [2.45, 2.75) is 26.9 Å². The van der Waals surface area contributed by atoms with Gasteiger partial charge in [0, 0.05) is 5.56 Å². The Morgan fingerprint density at radius 2 is 2.07 bits per heavy atom. The molecule has 0 amide bonds. The molecular weight excluding hydrogens is 194 g/mol. The summed E-state index contributed by atoms with van der Waals surface area (Å²) in [5, 5.41) is 0. The number of hydrogen-bond donors (Lipinski definition) is 1. The minimum atomic E-state index is 0.185. The first-order valence-corrected chi connectivity index (χ1v) is 4.98. The first-order chi connectivity index (χ1) is 6.50. The number of hydrogen-bond acceptors (Lipinski definition) is 2. The molecule has 0 atom stereocenters. The molecule has 0 aliphatic rings. The zero-order chi connectivity index (χ0) is 10.7. The summed E-state index contributed by atoms with van der Waals surface area (Å²) in [5.41, 5.74) is 7.47. The topological polar surface area (TPSA) is 35.2 Å². The van der Waals surface area contributed by atoms with Crippen molar-refractivity contribution in [2.24, 2.45) is 5.73 Å². The fourth-order valence-electron chi connectivity index (χ4n) is 1.19. The fourth-order valence-corrected chi connectivity index (χ4v) is 1.32. The molecule has 14 heavy (non-hydrogen) atoms. The van der Waals surface area contributed by atoms with Crippen LogP contribution in [0.4, 0.5) is 0 Å². The first kappa shape index (κ1) is 11.0. The van der Waals surface area contributed by atoms with Gasteiger partial charge in [-0.2, -0.15) is 0 Å². The molecular formula is C11H15NOS. The van der Waals surface area contributed by atoms with Crippen LogP contribution in [0.1, 0.15) is 25.0 Å². The Morgan fingerprint density at radius 1 is 1.43 bits per heavy atom. The van der Waals surface area contributed by atoms with E-state index in [1.807, 2.05) is 39.0 Å². The van der Waals surface area contributed by atoms with Crippen molar-refractivity contribution in [3.8, 4) is 5.75 Å². The molecule has 2 nitrogen and oxygen atoms in total. The largest absolute Gasteiger partial charge is 0.491 e. The van der Waals surface area contributed by atoms with Crippen molar-refractivity contribution in [1.82, 2.24) is 0 Å². The highest BCUT2D eigenvalue weighted by Gasteiger charge is 2.04. The van der Waals surface area contributed by atoms with Crippen LogP contribution in [0.3, 0.4) is 0 Å². The van der Waals surface area contributed by atoms with E-state index in [0.717, 1.165) is 16.9 Å². The lowest BCUT2D eigenvalue weighted by Gasteiger charge is -2.12. The maximum absolute atomic E-state index is 5.60. The number of thiocarbonyl (C=S) groups is 1. The minimum absolute atomic E-state index is 0.185. The van der Waals surface area contributed by atoms with Crippen LogP contribution in [0, 0.1) is 6.92 Å². The quantitative estimate of drug-likeness (QED) is 0.776. The average Bonchev–Trinajstić information content (AvgIpc) is 2.07. The van der Waals surface area contributed by atoms with E-state index in [2.05, 4.69) is 0 Å². The fraction of sp³-hybridized carbons (Fsp3) is 0.364. The van der Waals surface area contributed by atoms with Crippen LogP contribution >= 0.6 is 12.2 Å². The van der Waals surface area contributed by atoms with Gasteiger partial charge in [0.1, 0.15) is 10.7 Å². The maximum Gasteiger partial charge on any atom is 0.122 e. The SMILES string of the molecule is Cc1cc(C(N)=S)ccc1OC(C)C. The number of aryl methyl sites for hydroxylation is 1. The predicted molar refractivity (Wildman–Crippen MR) is 62.8 cm³/mol. The Bertz CT molecular complexity index is 347. The van der Waals surface area contributed by atoms with Gasteiger partial charge in [0.25, 0.3) is 0 Å². The summed E-state index contributed by atoms with van der Waals surface area (Å²) in [7, 11) is 0. The molecule has 76 valence electrons. The molecule has 3 heteroatoms. The van der Waals surface area contributed by atoms with E-state index in [1.54, 1.807) is 0 Å². The molecule has 1 aromatic carbocycles. The van der Waals surface area contributed by atoms with Crippen molar-refractivity contribution < 1.29 is 4.74 Å². The molecule has 0 aliphatic carbocycles. The molecule has 0 radical (unpaired) electrons. The molecule has 0 aliphatic heterocycles. The molecule has 2 N–H and O–H groups in total. The van der Waals surface area contributed by atoms with Gasteiger partial charge in [0.2, 0.25) is 0 Å². The van der Waals surface area contributed by atoms with Gasteiger partial charge in [-0.15, -0.1) is 0 Å². The van der Waals surface area contributed by atoms with Gasteiger partial charge in [0.05, 0.1) is 6.10 Å². The van der Waals surface area contributed by atoms with Crippen molar-refractivity contribution in [3.63, 3.8) is 0 Å². The third-order valence-corrected chi connectivity index (χ3v) is 2.06. The number of ether oxygens (including phenoxy) is 1. The van der Waals surface area contributed by atoms with Crippen LogP contribution in [-0.2, 0) is 0 Å². The van der Waals surface area contributed by atoms with Crippen molar-refractivity contribution in [2.75, 3.05) is 0 Å². The highest BCUT2D eigenvalue weighted by atomic mass is 32.1. The highest BCUT2D eigenvalue weighted by Crippen LogP contribution is 2.20. The molecule has 0 fully saturated rings.